The van der Waals surface area contributed by atoms with E-state index in [2.05, 4.69) is 15.0 Å². The molecule has 0 aliphatic heterocycles. The minimum absolute atomic E-state index is 0.0645. The number of nitro groups is 1. The van der Waals surface area contributed by atoms with Crippen LogP contribution in [0.5, 0.6) is 0 Å². The summed E-state index contributed by atoms with van der Waals surface area (Å²) in [6.07, 6.45) is 1.47. The molecule has 2 aromatic heterocycles. The van der Waals surface area contributed by atoms with E-state index in [0.29, 0.717) is 27.7 Å². The van der Waals surface area contributed by atoms with Gasteiger partial charge >= 0.3 is 0 Å². The lowest BCUT2D eigenvalue weighted by molar-refractivity contribution is -0.386. The number of nitrogens with zero attached hydrogens (tertiary/aromatic N) is 3. The molecule has 8 nitrogen and oxygen atoms in total. The van der Waals surface area contributed by atoms with E-state index < -0.39 is 4.92 Å². The van der Waals surface area contributed by atoms with E-state index in [1.807, 2.05) is 0 Å². The maximum atomic E-state index is 11.3. The molecule has 110 valence electrons. The summed E-state index contributed by atoms with van der Waals surface area (Å²) in [4.78, 5) is 32.6. The first-order valence-corrected chi connectivity index (χ1v) is 6.96. The van der Waals surface area contributed by atoms with Gasteiger partial charge in [-0.05, 0) is 13.8 Å². The lowest BCUT2D eigenvalue weighted by atomic mass is 10.1. The van der Waals surface area contributed by atoms with Crippen molar-refractivity contribution in [1.82, 2.24) is 15.0 Å². The second kappa shape index (κ2) is 5.92. The van der Waals surface area contributed by atoms with Crippen molar-refractivity contribution in [1.29, 1.82) is 0 Å². The molecular weight excluding hydrogens is 294 g/mol. The van der Waals surface area contributed by atoms with Crippen molar-refractivity contribution in [3.8, 4) is 0 Å². The highest BCUT2D eigenvalue weighted by Crippen LogP contribution is 2.27. The average molecular weight is 307 g/mol. The Labute approximate surface area is 124 Å². The molecule has 2 heterocycles. The van der Waals surface area contributed by atoms with Crippen LogP contribution in [0.1, 0.15) is 16.8 Å². The topological polar surface area (TPSA) is 128 Å². The molecular formula is C12H13N5O3S. The number of nitrogen functional groups attached to an aromatic ring is 1. The largest absolute Gasteiger partial charge is 0.383 e. The fourth-order valence-corrected chi connectivity index (χ4v) is 2.76. The van der Waals surface area contributed by atoms with Gasteiger partial charge in [-0.15, -0.1) is 0 Å². The number of hydrogen-bond acceptors (Lipinski definition) is 7. The van der Waals surface area contributed by atoms with Crippen molar-refractivity contribution in [2.45, 2.75) is 24.8 Å². The molecule has 0 atom stereocenters. The Balaban J connectivity index is 2.26. The van der Waals surface area contributed by atoms with Gasteiger partial charge in [-0.3, -0.25) is 19.9 Å². The number of aromatic amines is 1. The molecule has 0 aliphatic rings. The van der Waals surface area contributed by atoms with Crippen molar-refractivity contribution >= 4 is 23.3 Å². The summed E-state index contributed by atoms with van der Waals surface area (Å²) < 4.78 is 0. The van der Waals surface area contributed by atoms with Crippen molar-refractivity contribution in [3.63, 3.8) is 0 Å². The zero-order chi connectivity index (χ0) is 15.6. The van der Waals surface area contributed by atoms with E-state index in [4.69, 9.17) is 5.73 Å². The minimum atomic E-state index is -0.416. The molecule has 2 rings (SSSR count). The van der Waals surface area contributed by atoms with Crippen LogP contribution in [0.2, 0.25) is 0 Å². The third-order valence-corrected chi connectivity index (χ3v) is 3.73. The van der Waals surface area contributed by atoms with E-state index in [0.717, 1.165) is 0 Å². The minimum Gasteiger partial charge on any atom is -0.383 e. The van der Waals surface area contributed by atoms with Gasteiger partial charge in [0.25, 0.3) is 11.2 Å². The van der Waals surface area contributed by atoms with Crippen molar-refractivity contribution in [2.24, 2.45) is 0 Å². The smallest absolute Gasteiger partial charge is 0.278 e. The second-order valence-electron chi connectivity index (χ2n) is 4.38. The molecule has 9 heteroatoms. The highest BCUT2D eigenvalue weighted by atomic mass is 32.2. The monoisotopic (exact) mass is 307 g/mol. The number of nitrogens with two attached hydrogens (primary N) is 1. The lowest BCUT2D eigenvalue weighted by Crippen LogP contribution is -2.09. The summed E-state index contributed by atoms with van der Waals surface area (Å²) >= 11 is 1.21. The predicted octanol–water partition coefficient (Wildman–Crippen LogP) is 1.56. The van der Waals surface area contributed by atoms with Crippen molar-refractivity contribution < 1.29 is 4.92 Å². The Morgan fingerprint density at radius 3 is 2.81 bits per heavy atom. The number of thioether (sulfide) groups is 1. The number of rotatable bonds is 4. The number of H-pyrrole nitrogens is 1. The molecule has 3 N–H and O–H groups in total. The number of nitrogens with one attached hydrogen (secondary N) is 1. The van der Waals surface area contributed by atoms with Crippen LogP contribution in [-0.4, -0.2) is 19.9 Å². The molecule has 0 radical (unpaired) electrons. The summed E-state index contributed by atoms with van der Waals surface area (Å²) in [5.74, 6) is 0.472. The van der Waals surface area contributed by atoms with E-state index in [9.17, 15) is 14.9 Å². The van der Waals surface area contributed by atoms with Gasteiger partial charge in [-0.25, -0.2) is 4.98 Å². The first-order chi connectivity index (χ1) is 9.88. The first kappa shape index (κ1) is 15.0. The molecule has 0 bridgehead atoms. The maximum Gasteiger partial charge on any atom is 0.278 e. The normalized spacial score (nSPS) is 10.6. The Bertz CT molecular complexity index is 759. The van der Waals surface area contributed by atoms with Crippen LogP contribution in [0, 0.1) is 24.0 Å². The predicted molar refractivity (Wildman–Crippen MR) is 79.2 cm³/mol. The maximum absolute atomic E-state index is 11.3. The van der Waals surface area contributed by atoms with Gasteiger partial charge in [0.05, 0.1) is 10.6 Å². The Hall–Kier alpha value is -2.42. The quantitative estimate of drug-likeness (QED) is 0.379. The van der Waals surface area contributed by atoms with Crippen LogP contribution in [0.3, 0.4) is 0 Å². The molecule has 0 saturated heterocycles. The Kier molecular flexibility index (Phi) is 4.22. The van der Waals surface area contributed by atoms with Crippen LogP contribution in [0.25, 0.3) is 0 Å². The van der Waals surface area contributed by atoms with E-state index >= 15 is 0 Å². The van der Waals surface area contributed by atoms with Gasteiger partial charge < -0.3 is 10.7 Å². The third-order valence-electron chi connectivity index (χ3n) is 2.84. The molecule has 0 unspecified atom stereocenters. The van der Waals surface area contributed by atoms with Crippen LogP contribution >= 0.6 is 11.8 Å². The molecule has 0 aliphatic carbocycles. The van der Waals surface area contributed by atoms with Crippen LogP contribution in [-0.2, 0) is 5.75 Å². The fourth-order valence-electron chi connectivity index (χ4n) is 1.85. The van der Waals surface area contributed by atoms with E-state index in [-0.39, 0.29) is 17.1 Å². The van der Waals surface area contributed by atoms with E-state index in [1.54, 1.807) is 13.8 Å². The van der Waals surface area contributed by atoms with E-state index in [1.165, 1.54) is 24.0 Å². The van der Waals surface area contributed by atoms with Gasteiger partial charge in [0, 0.05) is 29.1 Å². The molecule has 0 saturated carbocycles. The van der Waals surface area contributed by atoms with Crippen LogP contribution in [0.15, 0.2) is 22.2 Å². The van der Waals surface area contributed by atoms with Gasteiger partial charge in [-0.1, -0.05) is 11.8 Å². The summed E-state index contributed by atoms with van der Waals surface area (Å²) in [5.41, 5.74) is 6.81. The second-order valence-corrected chi connectivity index (χ2v) is 5.35. The number of aryl methyl sites for hydroxylation is 1. The molecule has 0 spiro atoms. The van der Waals surface area contributed by atoms with Gasteiger partial charge in [0.1, 0.15) is 5.82 Å². The molecule has 0 aromatic carbocycles. The zero-order valence-corrected chi connectivity index (χ0v) is 12.2. The van der Waals surface area contributed by atoms with Crippen molar-refractivity contribution in [2.75, 3.05) is 5.73 Å². The van der Waals surface area contributed by atoms with Gasteiger partial charge in [-0.2, -0.15) is 0 Å². The Morgan fingerprint density at radius 2 is 2.19 bits per heavy atom. The molecule has 21 heavy (non-hydrogen) atoms. The van der Waals surface area contributed by atoms with Gasteiger partial charge in [0.15, 0.2) is 5.16 Å². The number of anilines is 1. The fraction of sp³-hybridized carbons (Fsp3) is 0.250. The third kappa shape index (κ3) is 3.37. The highest BCUT2D eigenvalue weighted by molar-refractivity contribution is 7.98. The standard InChI is InChI=1S/C12H13N5O3S/c1-6-4-14-8(7(2)11(6)17(19)20)5-21-12-15-9(13)3-10(18)16-12/h3-4H,5H2,1-2H3,(H3,13,15,16,18). The molecule has 2 aromatic rings. The highest BCUT2D eigenvalue weighted by Gasteiger charge is 2.18. The van der Waals surface area contributed by atoms with Gasteiger partial charge in [0.2, 0.25) is 0 Å². The zero-order valence-electron chi connectivity index (χ0n) is 11.4. The lowest BCUT2D eigenvalue weighted by Gasteiger charge is -2.07. The van der Waals surface area contributed by atoms with Crippen LogP contribution in [0.4, 0.5) is 11.5 Å². The SMILES string of the molecule is Cc1cnc(CSc2nc(N)cc(=O)[nH]2)c(C)c1[N+](=O)[O-]. The molecule has 0 amide bonds. The summed E-state index contributed by atoms with van der Waals surface area (Å²) in [6, 6.07) is 1.18. The van der Waals surface area contributed by atoms with Crippen molar-refractivity contribution in [3.05, 3.63) is 49.6 Å². The summed E-state index contributed by atoms with van der Waals surface area (Å²) in [6.45, 7) is 3.30. The van der Waals surface area contributed by atoms with Crippen LogP contribution < -0.4 is 11.3 Å². The number of pyridine rings is 1. The number of hydrogen-bond donors (Lipinski definition) is 2. The Morgan fingerprint density at radius 1 is 1.48 bits per heavy atom. The molecule has 0 fully saturated rings. The first-order valence-electron chi connectivity index (χ1n) is 5.97. The summed E-state index contributed by atoms with van der Waals surface area (Å²) in [7, 11) is 0. The average Bonchev–Trinajstić information content (AvgIpc) is 2.36. The number of aromatic nitrogens is 3. The summed E-state index contributed by atoms with van der Waals surface area (Å²) in [5, 5.41) is 11.4.